The smallest absolute Gasteiger partial charge is 0.296 e. The van der Waals surface area contributed by atoms with Gasteiger partial charge < -0.3 is 21.3 Å². The third-order valence-electron chi connectivity index (χ3n) is 8.05. The second-order valence-corrected chi connectivity index (χ2v) is 14.4. The van der Waals surface area contributed by atoms with E-state index in [-0.39, 0.29) is 16.5 Å². The van der Waals surface area contributed by atoms with Gasteiger partial charge in [-0.1, -0.05) is 42.5 Å². The summed E-state index contributed by atoms with van der Waals surface area (Å²) in [4.78, 5) is -1.73. The second-order valence-electron chi connectivity index (χ2n) is 11.7. The van der Waals surface area contributed by atoms with Crippen molar-refractivity contribution < 1.29 is 35.8 Å². The van der Waals surface area contributed by atoms with E-state index in [1.807, 2.05) is 19.1 Å². The fraction of sp³-hybridized carbons (Fsp3) is 0.0556. The molecule has 18 heteroatoms. The molecule has 6 aromatic rings. The van der Waals surface area contributed by atoms with Crippen molar-refractivity contribution in [2.45, 2.75) is 16.7 Å². The van der Waals surface area contributed by atoms with E-state index in [0.717, 1.165) is 28.8 Å². The fourth-order valence-corrected chi connectivity index (χ4v) is 6.68. The van der Waals surface area contributed by atoms with E-state index in [1.165, 1.54) is 7.11 Å². The highest BCUT2D eigenvalue weighted by Crippen LogP contribution is 2.48. The van der Waals surface area contributed by atoms with Gasteiger partial charge in [-0.05, 0) is 83.6 Å². The van der Waals surface area contributed by atoms with Gasteiger partial charge in [-0.25, -0.2) is 0 Å². The third-order valence-corrected chi connectivity index (χ3v) is 9.78. The Hall–Kier alpha value is -6.60. The van der Waals surface area contributed by atoms with E-state index < -0.39 is 52.8 Å². The molecule has 0 saturated heterocycles. The number of hydrogen-bond donors (Lipinski definition) is 5. The highest BCUT2D eigenvalue weighted by Gasteiger charge is 2.28. The highest BCUT2D eigenvalue weighted by molar-refractivity contribution is 7.86. The number of methoxy groups -OCH3 is 1. The van der Waals surface area contributed by atoms with Crippen molar-refractivity contribution in [2.75, 3.05) is 18.6 Å². The minimum absolute atomic E-state index is 0.266. The Morgan fingerprint density at radius 3 is 1.61 bits per heavy atom. The van der Waals surface area contributed by atoms with Gasteiger partial charge in [0, 0.05) is 6.07 Å². The van der Waals surface area contributed by atoms with Crippen molar-refractivity contribution in [1.82, 2.24) is 0 Å². The molecule has 0 fully saturated rings. The standard InChI is InChI=1S/C36H30N8O8S2/c1-20-16-27(37)29(52-2)19-28(20)42-39-25-12-8-21(9-13-25)22-10-14-26(15-11-22)41-43-34-30(53(46,47)48)17-23-18-31(54(49,50)51)35(36(45)32(23)33(34)38)44-40-24-6-4-3-5-7-24/h3-19,45H,37-38H2,1-2H3,(H,46,47,48)(H,49,50,51). The predicted octanol–water partition coefficient (Wildman–Crippen LogP) is 9.43. The summed E-state index contributed by atoms with van der Waals surface area (Å²) in [5, 5.41) is 35.1. The van der Waals surface area contributed by atoms with E-state index in [0.29, 0.717) is 28.5 Å². The topological polar surface area (TPSA) is 264 Å². The van der Waals surface area contributed by atoms with Gasteiger partial charge in [0.05, 0.1) is 46.6 Å². The Morgan fingerprint density at radius 2 is 1.09 bits per heavy atom. The molecule has 0 heterocycles. The van der Waals surface area contributed by atoms with Gasteiger partial charge in [-0.2, -0.15) is 37.3 Å². The molecule has 6 aromatic carbocycles. The Bertz CT molecular complexity index is 2720. The van der Waals surface area contributed by atoms with E-state index in [9.17, 15) is 31.0 Å². The maximum absolute atomic E-state index is 12.5. The van der Waals surface area contributed by atoms with Crippen molar-refractivity contribution >= 4 is 76.5 Å². The molecule has 0 aliphatic rings. The first kappa shape index (κ1) is 37.2. The van der Waals surface area contributed by atoms with Crippen LogP contribution < -0.4 is 16.2 Å². The summed E-state index contributed by atoms with van der Waals surface area (Å²) in [5.41, 5.74) is 15.3. The number of nitrogen functional groups attached to an aromatic ring is 2. The number of hydrogen-bond acceptors (Lipinski definition) is 14. The molecule has 0 amide bonds. The first-order valence-electron chi connectivity index (χ1n) is 15.7. The molecule has 54 heavy (non-hydrogen) atoms. The van der Waals surface area contributed by atoms with Crippen LogP contribution in [0.1, 0.15) is 5.56 Å². The van der Waals surface area contributed by atoms with Crippen LogP contribution in [0.4, 0.5) is 45.5 Å². The van der Waals surface area contributed by atoms with Gasteiger partial charge in [0.1, 0.15) is 26.9 Å². The monoisotopic (exact) mass is 766 g/mol. The summed E-state index contributed by atoms with van der Waals surface area (Å²) in [6.45, 7) is 1.87. The zero-order chi connectivity index (χ0) is 38.8. The molecular weight excluding hydrogens is 737 g/mol. The van der Waals surface area contributed by atoms with Gasteiger partial charge in [-0.3, -0.25) is 9.11 Å². The molecule has 0 unspecified atom stereocenters. The quantitative estimate of drug-likeness (QED) is 0.0500. The average Bonchev–Trinajstić information content (AvgIpc) is 3.13. The van der Waals surface area contributed by atoms with E-state index in [4.69, 9.17) is 16.2 Å². The van der Waals surface area contributed by atoms with Crippen LogP contribution in [-0.4, -0.2) is 38.2 Å². The van der Waals surface area contributed by atoms with Gasteiger partial charge >= 0.3 is 0 Å². The number of aryl methyl sites for hydroxylation is 1. The van der Waals surface area contributed by atoms with Crippen LogP contribution in [0, 0.1) is 6.92 Å². The van der Waals surface area contributed by atoms with Crippen LogP contribution in [0.15, 0.2) is 144 Å². The minimum atomic E-state index is -5.04. The number of phenolic OH excluding ortho intramolecular Hbond substituents is 1. The second kappa shape index (κ2) is 14.8. The lowest BCUT2D eigenvalue weighted by molar-refractivity contribution is 0.417. The van der Waals surface area contributed by atoms with Crippen LogP contribution in [0.3, 0.4) is 0 Å². The molecule has 0 aliphatic carbocycles. The molecule has 7 N–H and O–H groups in total. The summed E-state index contributed by atoms with van der Waals surface area (Å²) in [6, 6.07) is 27.2. The largest absolute Gasteiger partial charge is 0.505 e. The Kier molecular flexibility index (Phi) is 10.2. The number of rotatable bonds is 10. The lowest BCUT2D eigenvalue weighted by Gasteiger charge is -2.14. The van der Waals surface area contributed by atoms with Crippen molar-refractivity contribution in [3.8, 4) is 22.6 Å². The number of benzene rings is 6. The highest BCUT2D eigenvalue weighted by atomic mass is 32.2. The number of anilines is 2. The zero-order valence-electron chi connectivity index (χ0n) is 28.4. The van der Waals surface area contributed by atoms with E-state index in [1.54, 1.807) is 78.9 Å². The summed E-state index contributed by atoms with van der Waals surface area (Å²) in [7, 11) is -8.55. The van der Waals surface area contributed by atoms with Crippen LogP contribution in [0.25, 0.3) is 21.9 Å². The number of nitrogens with zero attached hydrogens (tertiary/aromatic N) is 6. The number of nitrogens with two attached hydrogens (primary N) is 2. The lowest BCUT2D eigenvalue weighted by Crippen LogP contribution is -2.03. The molecule has 0 atom stereocenters. The van der Waals surface area contributed by atoms with Gasteiger partial charge in [0.25, 0.3) is 20.2 Å². The number of fused-ring (bicyclic) bond motifs is 1. The fourth-order valence-electron chi connectivity index (χ4n) is 5.35. The Labute approximate surface area is 308 Å². The number of ether oxygens (including phenoxy) is 1. The number of aromatic hydroxyl groups is 1. The van der Waals surface area contributed by atoms with Crippen molar-refractivity contribution in [1.29, 1.82) is 0 Å². The van der Waals surface area contributed by atoms with Gasteiger partial charge in [0.2, 0.25) is 0 Å². The molecule has 0 radical (unpaired) electrons. The molecule has 0 spiro atoms. The molecule has 6 rings (SSSR count). The number of azo groups is 3. The minimum Gasteiger partial charge on any atom is -0.505 e. The molecule has 0 saturated carbocycles. The number of phenols is 1. The van der Waals surface area contributed by atoms with E-state index in [2.05, 4.69) is 30.7 Å². The van der Waals surface area contributed by atoms with E-state index >= 15 is 0 Å². The summed E-state index contributed by atoms with van der Waals surface area (Å²) < 4.78 is 74.7. The Balaban J connectivity index is 1.32. The molecular formula is C36H30N8O8S2. The van der Waals surface area contributed by atoms with Crippen molar-refractivity contribution in [3.05, 3.63) is 109 Å². The van der Waals surface area contributed by atoms with Crippen LogP contribution in [-0.2, 0) is 20.2 Å². The first-order chi connectivity index (χ1) is 25.6. The summed E-state index contributed by atoms with van der Waals surface area (Å²) >= 11 is 0. The zero-order valence-corrected chi connectivity index (χ0v) is 30.0. The summed E-state index contributed by atoms with van der Waals surface area (Å²) in [5.74, 6) is -0.353. The third kappa shape index (κ3) is 7.91. The SMILES string of the molecule is COc1cc(N=Nc2ccc(-c3ccc(N=Nc4c(S(=O)(=O)O)cc5cc(S(=O)(=O)O)c(N=Nc6ccccc6)c(O)c5c4N)cc3)cc2)c(C)cc1N. The van der Waals surface area contributed by atoms with Crippen LogP contribution in [0.2, 0.25) is 0 Å². The first-order valence-corrected chi connectivity index (χ1v) is 18.5. The van der Waals surface area contributed by atoms with Crippen molar-refractivity contribution in [3.63, 3.8) is 0 Å². The molecule has 0 aromatic heterocycles. The lowest BCUT2D eigenvalue weighted by atomic mass is 10.0. The van der Waals surface area contributed by atoms with Crippen LogP contribution >= 0.6 is 0 Å². The predicted molar refractivity (Wildman–Crippen MR) is 203 cm³/mol. The maximum atomic E-state index is 12.5. The molecule has 274 valence electrons. The maximum Gasteiger partial charge on any atom is 0.296 e. The van der Waals surface area contributed by atoms with Gasteiger partial charge in [-0.15, -0.1) is 10.2 Å². The van der Waals surface area contributed by atoms with Gasteiger partial charge in [0.15, 0.2) is 5.75 Å². The molecule has 0 bridgehead atoms. The molecule has 16 nitrogen and oxygen atoms in total. The summed E-state index contributed by atoms with van der Waals surface area (Å²) in [6.07, 6.45) is 0. The molecule has 0 aliphatic heterocycles. The average molecular weight is 767 g/mol. The van der Waals surface area contributed by atoms with Crippen molar-refractivity contribution in [2.24, 2.45) is 30.7 Å². The van der Waals surface area contributed by atoms with Crippen LogP contribution in [0.5, 0.6) is 11.5 Å². The normalized spacial score (nSPS) is 12.4. The Morgan fingerprint density at radius 1 is 0.611 bits per heavy atom.